The Morgan fingerprint density at radius 2 is 1.50 bits per heavy atom. The van der Waals surface area contributed by atoms with Crippen molar-refractivity contribution in [3.8, 4) is 11.5 Å². The third-order valence-electron chi connectivity index (χ3n) is 7.08. The highest BCUT2D eigenvalue weighted by Gasteiger charge is 2.38. The molecule has 1 atom stereocenters. The summed E-state index contributed by atoms with van der Waals surface area (Å²) < 4.78 is 22.9. The molecule has 2 heterocycles. The Balaban J connectivity index is 1.37. The van der Waals surface area contributed by atoms with Crippen LogP contribution >= 0.6 is 0 Å². The van der Waals surface area contributed by atoms with Gasteiger partial charge in [0.25, 0.3) is 0 Å². The maximum atomic E-state index is 6.13. The van der Waals surface area contributed by atoms with Crippen LogP contribution in [0, 0.1) is 0 Å². The average molecular weight is 464 g/mol. The highest BCUT2D eigenvalue weighted by atomic mass is 16.7. The topological polar surface area (TPSA) is 40.2 Å². The number of methoxy groups -OCH3 is 2. The fourth-order valence-electron chi connectivity index (χ4n) is 4.85. The largest absolute Gasteiger partial charge is 0.497 e. The fourth-order valence-corrected chi connectivity index (χ4v) is 4.85. The molecule has 1 unspecified atom stereocenters. The van der Waals surface area contributed by atoms with Crippen LogP contribution in [0.3, 0.4) is 0 Å². The fraction of sp³-hybridized carbons (Fsp3) is 0.448. The number of nitrogens with zero attached hydrogens (tertiary/aromatic N) is 1. The average Bonchev–Trinajstić information content (AvgIpc) is 3.36. The summed E-state index contributed by atoms with van der Waals surface area (Å²) in [7, 11) is 3.39. The molecule has 34 heavy (non-hydrogen) atoms. The summed E-state index contributed by atoms with van der Waals surface area (Å²) in [6.07, 6.45) is 8.42. The highest BCUT2D eigenvalue weighted by molar-refractivity contribution is 5.34. The van der Waals surface area contributed by atoms with E-state index in [0.717, 1.165) is 49.3 Å². The molecule has 5 nitrogen and oxygen atoms in total. The quantitative estimate of drug-likeness (QED) is 0.413. The smallest absolute Gasteiger partial charge is 0.194 e. The van der Waals surface area contributed by atoms with Crippen molar-refractivity contribution in [2.75, 3.05) is 34.0 Å². The molecule has 0 bridgehead atoms. The van der Waals surface area contributed by atoms with Crippen LogP contribution in [0.25, 0.3) is 0 Å². The number of benzene rings is 2. The minimum atomic E-state index is -0.640. The van der Waals surface area contributed by atoms with Gasteiger partial charge in [-0.25, -0.2) is 0 Å². The Hall–Kier alpha value is -2.76. The monoisotopic (exact) mass is 463 g/mol. The number of hydrogen-bond acceptors (Lipinski definition) is 5. The van der Waals surface area contributed by atoms with E-state index in [2.05, 4.69) is 55.3 Å². The highest BCUT2D eigenvalue weighted by Crippen LogP contribution is 2.37. The lowest BCUT2D eigenvalue weighted by atomic mass is 9.92. The van der Waals surface area contributed by atoms with Crippen molar-refractivity contribution in [3.05, 3.63) is 83.1 Å². The first kappa shape index (κ1) is 24.4. The molecule has 1 fully saturated rings. The molecule has 4 rings (SSSR count). The normalized spacial score (nSPS) is 19.5. The Morgan fingerprint density at radius 1 is 0.882 bits per heavy atom. The van der Waals surface area contributed by atoms with E-state index in [1.54, 1.807) is 14.2 Å². The van der Waals surface area contributed by atoms with Gasteiger partial charge in [-0.2, -0.15) is 0 Å². The number of allylic oxidation sites excluding steroid dienone is 2. The van der Waals surface area contributed by atoms with E-state index in [0.29, 0.717) is 19.3 Å². The van der Waals surface area contributed by atoms with Crippen LogP contribution in [0.15, 0.2) is 72.0 Å². The summed E-state index contributed by atoms with van der Waals surface area (Å²) in [4.78, 5) is 2.49. The molecule has 0 saturated carbocycles. The van der Waals surface area contributed by atoms with Crippen molar-refractivity contribution >= 4 is 0 Å². The molecule has 0 amide bonds. The van der Waals surface area contributed by atoms with Crippen LogP contribution < -0.4 is 9.47 Å². The number of hydrogen-bond donors (Lipinski definition) is 0. The molecule has 2 aliphatic heterocycles. The first-order valence-electron chi connectivity index (χ1n) is 12.2. The van der Waals surface area contributed by atoms with Crippen LogP contribution in [0.5, 0.6) is 11.5 Å². The Kier molecular flexibility index (Phi) is 7.96. The second-order valence-corrected chi connectivity index (χ2v) is 9.12. The van der Waals surface area contributed by atoms with Gasteiger partial charge in [0.1, 0.15) is 11.5 Å². The lowest BCUT2D eigenvalue weighted by molar-refractivity contribution is -0.171. The summed E-state index contributed by atoms with van der Waals surface area (Å²) in [5, 5.41) is 0. The van der Waals surface area contributed by atoms with Gasteiger partial charge in [0.05, 0.1) is 33.5 Å². The van der Waals surface area contributed by atoms with Crippen molar-refractivity contribution < 1.29 is 18.9 Å². The van der Waals surface area contributed by atoms with Crippen molar-refractivity contribution in [3.63, 3.8) is 0 Å². The lowest BCUT2D eigenvalue weighted by Gasteiger charge is -2.36. The number of ether oxygens (including phenoxy) is 4. The Labute approximate surface area is 204 Å². The third kappa shape index (κ3) is 5.48. The van der Waals surface area contributed by atoms with Gasteiger partial charge in [-0.05, 0) is 98.5 Å². The van der Waals surface area contributed by atoms with E-state index in [1.165, 1.54) is 16.7 Å². The molecule has 2 aromatic carbocycles. The van der Waals surface area contributed by atoms with E-state index < -0.39 is 5.79 Å². The van der Waals surface area contributed by atoms with Gasteiger partial charge >= 0.3 is 0 Å². The second kappa shape index (κ2) is 11.1. The summed E-state index contributed by atoms with van der Waals surface area (Å²) in [6.45, 7) is 6.74. The molecule has 0 N–H and O–H groups in total. The minimum Gasteiger partial charge on any atom is -0.497 e. The predicted molar refractivity (Wildman–Crippen MR) is 135 cm³/mol. The number of rotatable bonds is 10. The third-order valence-corrected chi connectivity index (χ3v) is 7.08. The molecule has 0 radical (unpaired) electrons. The molecule has 2 aromatic rings. The summed E-state index contributed by atoms with van der Waals surface area (Å²) in [5.74, 6) is 1.10. The molecule has 2 aliphatic rings. The molecule has 0 aromatic heterocycles. The Morgan fingerprint density at radius 3 is 2.12 bits per heavy atom. The van der Waals surface area contributed by atoms with Crippen LogP contribution in [0.1, 0.15) is 44.2 Å². The van der Waals surface area contributed by atoms with E-state index in [4.69, 9.17) is 18.9 Å². The van der Waals surface area contributed by atoms with Crippen LogP contribution in [-0.4, -0.2) is 44.9 Å². The molecule has 0 spiro atoms. The summed E-state index contributed by atoms with van der Waals surface area (Å²) >= 11 is 0. The van der Waals surface area contributed by atoms with Gasteiger partial charge < -0.3 is 23.8 Å². The first-order chi connectivity index (χ1) is 16.5. The second-order valence-electron chi connectivity index (χ2n) is 9.12. The SMILES string of the molecule is COc1ccc(CC2C(C)=C(C)C=CN2CCCCC2(c3ccc(OC)cc3)OCCO2)cc1. The van der Waals surface area contributed by atoms with Crippen LogP contribution in [-0.2, 0) is 21.7 Å². The van der Waals surface area contributed by atoms with E-state index >= 15 is 0 Å². The predicted octanol–water partition coefficient (Wildman–Crippen LogP) is 5.85. The van der Waals surface area contributed by atoms with Gasteiger partial charge in [0.2, 0.25) is 0 Å². The molecule has 182 valence electrons. The van der Waals surface area contributed by atoms with Crippen molar-refractivity contribution in [2.45, 2.75) is 51.4 Å². The van der Waals surface area contributed by atoms with Crippen LogP contribution in [0.4, 0.5) is 0 Å². The van der Waals surface area contributed by atoms with Gasteiger partial charge in [0.15, 0.2) is 5.79 Å². The van der Waals surface area contributed by atoms with E-state index in [1.807, 2.05) is 24.3 Å². The van der Waals surface area contributed by atoms with Gasteiger partial charge in [-0.1, -0.05) is 12.1 Å². The van der Waals surface area contributed by atoms with Gasteiger partial charge in [-0.3, -0.25) is 0 Å². The standard InChI is InChI=1S/C29H37NO4/c1-22-15-18-30(28(23(22)2)21-24-7-11-26(31-3)12-8-24)17-6-5-16-29(33-19-20-34-29)25-9-13-27(32-4)14-10-25/h7-15,18,28H,5-6,16-17,19-21H2,1-4H3. The van der Waals surface area contributed by atoms with Crippen LogP contribution in [0.2, 0.25) is 0 Å². The molecular weight excluding hydrogens is 426 g/mol. The molecule has 5 heteroatoms. The first-order valence-corrected chi connectivity index (χ1v) is 12.2. The summed E-state index contributed by atoms with van der Waals surface area (Å²) in [6, 6.07) is 16.9. The molecule has 0 aliphatic carbocycles. The maximum absolute atomic E-state index is 6.13. The minimum absolute atomic E-state index is 0.368. The zero-order chi connectivity index (χ0) is 24.0. The van der Waals surface area contributed by atoms with Gasteiger partial charge in [-0.15, -0.1) is 0 Å². The van der Waals surface area contributed by atoms with Crippen molar-refractivity contribution in [2.24, 2.45) is 0 Å². The maximum Gasteiger partial charge on any atom is 0.194 e. The van der Waals surface area contributed by atoms with E-state index in [-0.39, 0.29) is 0 Å². The van der Waals surface area contributed by atoms with E-state index in [9.17, 15) is 0 Å². The lowest BCUT2D eigenvalue weighted by Crippen LogP contribution is -2.37. The van der Waals surface area contributed by atoms with Gasteiger partial charge in [0, 0.05) is 18.5 Å². The summed E-state index contributed by atoms with van der Waals surface area (Å²) in [5.41, 5.74) is 5.19. The molecular formula is C29H37NO4. The number of unbranched alkanes of at least 4 members (excludes halogenated alkanes) is 1. The zero-order valence-electron chi connectivity index (χ0n) is 20.9. The van der Waals surface area contributed by atoms with Crippen molar-refractivity contribution in [1.29, 1.82) is 0 Å². The molecule has 1 saturated heterocycles. The Bertz CT molecular complexity index is 988. The van der Waals surface area contributed by atoms with Crippen molar-refractivity contribution in [1.82, 2.24) is 4.90 Å². The zero-order valence-corrected chi connectivity index (χ0v) is 20.9.